The first-order valence-corrected chi connectivity index (χ1v) is 6.12. The number of carboxylic acids is 1. The van der Waals surface area contributed by atoms with Crippen LogP contribution in [0.2, 0.25) is 0 Å². The molecule has 0 unspecified atom stereocenters. The lowest BCUT2D eigenvalue weighted by molar-refractivity contribution is -0.135. The first-order valence-electron chi connectivity index (χ1n) is 5.35. The van der Waals surface area contributed by atoms with Crippen molar-refractivity contribution >= 4 is 22.6 Å². The molecule has 16 heavy (non-hydrogen) atoms. The number of carbonyl (C=O) groups is 1. The fourth-order valence-corrected chi connectivity index (χ4v) is 2.10. The Labute approximate surface area is 99.3 Å². The van der Waals surface area contributed by atoms with Crippen LogP contribution in [0.1, 0.15) is 38.9 Å². The summed E-state index contributed by atoms with van der Waals surface area (Å²) in [6.07, 6.45) is 0.893. The average Bonchev–Trinajstić information content (AvgIpc) is 2.65. The normalized spacial score (nSPS) is 10.8. The van der Waals surface area contributed by atoms with Gasteiger partial charge in [-0.15, -0.1) is 0 Å². The van der Waals surface area contributed by atoms with Crippen molar-refractivity contribution < 1.29 is 9.90 Å². The Morgan fingerprint density at radius 2 is 2.25 bits per heavy atom. The third kappa shape index (κ3) is 3.44. The SMILES string of the molecule is CCCN(CC(=O)O)c1nc(C(C)C)ns1. The fourth-order valence-electron chi connectivity index (χ4n) is 1.26. The minimum Gasteiger partial charge on any atom is -0.480 e. The number of aliphatic carboxylic acids is 1. The van der Waals surface area contributed by atoms with Crippen LogP contribution < -0.4 is 4.90 Å². The van der Waals surface area contributed by atoms with Gasteiger partial charge >= 0.3 is 5.97 Å². The zero-order chi connectivity index (χ0) is 12.1. The van der Waals surface area contributed by atoms with E-state index in [0.29, 0.717) is 11.7 Å². The summed E-state index contributed by atoms with van der Waals surface area (Å²) in [4.78, 5) is 16.8. The highest BCUT2D eigenvalue weighted by Gasteiger charge is 2.15. The van der Waals surface area contributed by atoms with Crippen molar-refractivity contribution in [3.05, 3.63) is 5.82 Å². The highest BCUT2D eigenvalue weighted by atomic mass is 32.1. The van der Waals surface area contributed by atoms with E-state index in [-0.39, 0.29) is 12.5 Å². The van der Waals surface area contributed by atoms with Crippen LogP contribution in [-0.2, 0) is 4.79 Å². The minimum atomic E-state index is -0.838. The molecule has 0 bridgehead atoms. The second-order valence-corrected chi connectivity index (χ2v) is 4.64. The Hall–Kier alpha value is -1.17. The van der Waals surface area contributed by atoms with Crippen LogP contribution in [0.5, 0.6) is 0 Å². The van der Waals surface area contributed by atoms with Crippen molar-refractivity contribution in [1.29, 1.82) is 0 Å². The van der Waals surface area contributed by atoms with Gasteiger partial charge < -0.3 is 10.0 Å². The van der Waals surface area contributed by atoms with Crippen LogP contribution in [-0.4, -0.2) is 33.5 Å². The summed E-state index contributed by atoms with van der Waals surface area (Å²) >= 11 is 1.27. The van der Waals surface area contributed by atoms with Gasteiger partial charge in [0.1, 0.15) is 12.4 Å². The molecular formula is C10H17N3O2S. The number of hydrogen-bond acceptors (Lipinski definition) is 5. The second kappa shape index (κ2) is 5.79. The molecular weight excluding hydrogens is 226 g/mol. The average molecular weight is 243 g/mol. The van der Waals surface area contributed by atoms with Gasteiger partial charge in [0.25, 0.3) is 0 Å². The molecule has 1 aromatic rings. The Bertz CT molecular complexity index is 352. The predicted octanol–water partition coefficient (Wildman–Crippen LogP) is 1.96. The van der Waals surface area contributed by atoms with Gasteiger partial charge in [0.05, 0.1) is 0 Å². The summed E-state index contributed by atoms with van der Waals surface area (Å²) in [5.41, 5.74) is 0. The molecule has 0 atom stereocenters. The molecule has 1 aromatic heterocycles. The van der Waals surface area contributed by atoms with Crippen LogP contribution in [0.25, 0.3) is 0 Å². The van der Waals surface area contributed by atoms with Gasteiger partial charge in [0.2, 0.25) is 5.13 Å². The molecule has 1 rings (SSSR count). The van der Waals surface area contributed by atoms with Gasteiger partial charge in [-0.05, 0) is 6.42 Å². The monoisotopic (exact) mass is 243 g/mol. The smallest absolute Gasteiger partial charge is 0.323 e. The van der Waals surface area contributed by atoms with Crippen molar-refractivity contribution in [2.24, 2.45) is 0 Å². The topological polar surface area (TPSA) is 66.3 Å². The third-order valence-corrected chi connectivity index (χ3v) is 2.83. The van der Waals surface area contributed by atoms with Crippen LogP contribution in [0.3, 0.4) is 0 Å². The third-order valence-electron chi connectivity index (χ3n) is 2.04. The molecule has 0 aromatic carbocycles. The van der Waals surface area contributed by atoms with Gasteiger partial charge in [0.15, 0.2) is 0 Å². The Morgan fingerprint density at radius 3 is 2.69 bits per heavy atom. The van der Waals surface area contributed by atoms with Gasteiger partial charge in [-0.2, -0.15) is 4.37 Å². The maximum Gasteiger partial charge on any atom is 0.323 e. The number of carboxylic acid groups (broad SMARTS) is 1. The summed E-state index contributed by atoms with van der Waals surface area (Å²) in [6, 6.07) is 0. The van der Waals surface area contributed by atoms with Crippen LogP contribution >= 0.6 is 11.5 Å². The van der Waals surface area contributed by atoms with E-state index in [1.807, 2.05) is 20.8 Å². The Kier molecular flexibility index (Phi) is 4.67. The lowest BCUT2D eigenvalue weighted by Crippen LogP contribution is -2.30. The molecule has 6 heteroatoms. The number of aromatic nitrogens is 2. The van der Waals surface area contributed by atoms with E-state index in [1.165, 1.54) is 11.5 Å². The largest absolute Gasteiger partial charge is 0.480 e. The molecule has 0 aliphatic carbocycles. The molecule has 0 spiro atoms. The Balaban J connectivity index is 2.79. The predicted molar refractivity (Wildman–Crippen MR) is 64.1 cm³/mol. The fraction of sp³-hybridized carbons (Fsp3) is 0.700. The lowest BCUT2D eigenvalue weighted by Gasteiger charge is -2.17. The van der Waals surface area contributed by atoms with Gasteiger partial charge in [-0.1, -0.05) is 20.8 Å². The number of rotatable bonds is 6. The highest BCUT2D eigenvalue weighted by molar-refractivity contribution is 7.09. The standard InChI is InChI=1S/C10H17N3O2S/c1-4-5-13(6-8(14)15)10-11-9(7(2)3)12-16-10/h7H,4-6H2,1-3H3,(H,14,15). The van der Waals surface area contributed by atoms with E-state index in [1.54, 1.807) is 4.90 Å². The van der Waals surface area contributed by atoms with Crippen molar-refractivity contribution in [2.75, 3.05) is 18.0 Å². The quantitative estimate of drug-likeness (QED) is 0.827. The summed E-state index contributed by atoms with van der Waals surface area (Å²) < 4.78 is 4.22. The molecule has 0 radical (unpaired) electrons. The molecule has 1 heterocycles. The molecule has 0 saturated carbocycles. The van der Waals surface area contributed by atoms with E-state index in [2.05, 4.69) is 9.36 Å². The minimum absolute atomic E-state index is 0.0133. The number of hydrogen-bond donors (Lipinski definition) is 1. The second-order valence-electron chi connectivity index (χ2n) is 3.91. The van der Waals surface area contributed by atoms with Crippen molar-refractivity contribution in [3.8, 4) is 0 Å². The summed E-state index contributed by atoms with van der Waals surface area (Å²) in [6.45, 7) is 6.74. The lowest BCUT2D eigenvalue weighted by atomic mass is 10.2. The Morgan fingerprint density at radius 1 is 1.56 bits per heavy atom. The van der Waals surface area contributed by atoms with E-state index in [9.17, 15) is 4.79 Å². The summed E-state index contributed by atoms with van der Waals surface area (Å²) in [7, 11) is 0. The maximum absolute atomic E-state index is 10.7. The first-order chi connectivity index (χ1) is 7.54. The van der Waals surface area contributed by atoms with Crippen LogP contribution in [0.15, 0.2) is 0 Å². The molecule has 1 N–H and O–H groups in total. The zero-order valence-electron chi connectivity index (χ0n) is 9.80. The van der Waals surface area contributed by atoms with Crippen LogP contribution in [0, 0.1) is 0 Å². The molecule has 0 fully saturated rings. The van der Waals surface area contributed by atoms with Gasteiger partial charge in [0, 0.05) is 24.0 Å². The van der Waals surface area contributed by atoms with Gasteiger partial charge in [-0.3, -0.25) is 4.79 Å². The molecule has 0 aliphatic rings. The van der Waals surface area contributed by atoms with Crippen LogP contribution in [0.4, 0.5) is 5.13 Å². The molecule has 0 saturated heterocycles. The van der Waals surface area contributed by atoms with Gasteiger partial charge in [-0.25, -0.2) is 4.98 Å². The summed E-state index contributed by atoms with van der Waals surface area (Å²) in [5.74, 6) is 0.222. The molecule has 0 amide bonds. The molecule has 0 aliphatic heterocycles. The van der Waals surface area contributed by atoms with Crippen molar-refractivity contribution in [3.63, 3.8) is 0 Å². The number of nitrogens with zero attached hydrogens (tertiary/aromatic N) is 3. The van der Waals surface area contributed by atoms with Crippen molar-refractivity contribution in [2.45, 2.75) is 33.1 Å². The summed E-state index contributed by atoms with van der Waals surface area (Å²) in [5, 5.41) is 9.50. The van der Waals surface area contributed by atoms with Crippen molar-refractivity contribution in [1.82, 2.24) is 9.36 Å². The first kappa shape index (κ1) is 12.9. The maximum atomic E-state index is 10.7. The molecule has 90 valence electrons. The van der Waals surface area contributed by atoms with E-state index in [4.69, 9.17) is 5.11 Å². The van der Waals surface area contributed by atoms with E-state index in [0.717, 1.165) is 12.2 Å². The van der Waals surface area contributed by atoms with E-state index < -0.39 is 5.97 Å². The number of anilines is 1. The zero-order valence-corrected chi connectivity index (χ0v) is 10.6. The molecule has 5 nitrogen and oxygen atoms in total. The highest BCUT2D eigenvalue weighted by Crippen LogP contribution is 2.21. The van der Waals surface area contributed by atoms with E-state index >= 15 is 0 Å².